The molecule has 0 heterocycles. The Morgan fingerprint density at radius 1 is 1.00 bits per heavy atom. The van der Waals surface area contributed by atoms with Gasteiger partial charge in [-0.05, 0) is 55.0 Å². The Hall–Kier alpha value is -1.72. The van der Waals surface area contributed by atoms with Crippen molar-refractivity contribution < 1.29 is 12.8 Å². The molecule has 0 saturated heterocycles. The first-order valence-corrected chi connectivity index (χ1v) is 9.47. The van der Waals surface area contributed by atoms with E-state index in [1.54, 1.807) is 36.4 Å². The Bertz CT molecular complexity index is 766. The minimum atomic E-state index is -3.50. The van der Waals surface area contributed by atoms with Crippen molar-refractivity contribution in [2.75, 3.05) is 6.54 Å². The fourth-order valence-electron chi connectivity index (χ4n) is 2.31. The van der Waals surface area contributed by atoms with Crippen LogP contribution >= 0.6 is 0 Å². The molecule has 0 atom stereocenters. The van der Waals surface area contributed by atoms with Crippen LogP contribution in [0.4, 0.5) is 4.39 Å². The van der Waals surface area contributed by atoms with Gasteiger partial charge in [0.25, 0.3) is 0 Å². The third-order valence-electron chi connectivity index (χ3n) is 4.08. The molecule has 130 valence electrons. The highest BCUT2D eigenvalue weighted by Crippen LogP contribution is 2.23. The first-order chi connectivity index (χ1) is 11.2. The van der Waals surface area contributed by atoms with Gasteiger partial charge in [-0.15, -0.1) is 0 Å². The molecule has 0 bridgehead atoms. The Labute approximate surface area is 144 Å². The Balaban J connectivity index is 1.93. The first kappa shape index (κ1) is 18.6. The highest BCUT2D eigenvalue weighted by molar-refractivity contribution is 7.89. The molecule has 5 heteroatoms. The summed E-state index contributed by atoms with van der Waals surface area (Å²) in [7, 11) is -3.50. The van der Waals surface area contributed by atoms with Gasteiger partial charge in [0, 0.05) is 6.54 Å². The Morgan fingerprint density at radius 3 is 2.17 bits per heavy atom. The van der Waals surface area contributed by atoms with Gasteiger partial charge in [0.05, 0.1) is 4.90 Å². The van der Waals surface area contributed by atoms with Crippen molar-refractivity contribution in [3.8, 4) is 0 Å². The summed E-state index contributed by atoms with van der Waals surface area (Å²) in [5, 5.41) is 0. The summed E-state index contributed by atoms with van der Waals surface area (Å²) in [6.45, 7) is 6.31. The van der Waals surface area contributed by atoms with Gasteiger partial charge in [-0.3, -0.25) is 0 Å². The zero-order chi connectivity index (χ0) is 17.8. The molecule has 1 N–H and O–H groups in total. The molecule has 0 saturated carbocycles. The quantitative estimate of drug-likeness (QED) is 0.819. The van der Waals surface area contributed by atoms with Crippen LogP contribution in [0.2, 0.25) is 0 Å². The third-order valence-corrected chi connectivity index (χ3v) is 5.49. The highest BCUT2D eigenvalue weighted by atomic mass is 32.2. The number of hydrogen-bond acceptors (Lipinski definition) is 2. The lowest BCUT2D eigenvalue weighted by molar-refractivity contribution is 0.334. The number of halogens is 1. The standard InChI is InChI=1S/C19H24FNO2S/c1-15-4-10-18(11-5-15)24(22,23)21-14-19(2,3)13-12-16-6-8-17(20)9-7-16/h4-11,21H,12-14H2,1-3H3. The largest absolute Gasteiger partial charge is 0.240 e. The van der Waals surface area contributed by atoms with Crippen molar-refractivity contribution in [2.45, 2.75) is 38.5 Å². The van der Waals surface area contributed by atoms with E-state index in [1.165, 1.54) is 12.1 Å². The van der Waals surface area contributed by atoms with Crippen molar-refractivity contribution in [3.05, 3.63) is 65.5 Å². The van der Waals surface area contributed by atoms with E-state index in [1.807, 2.05) is 20.8 Å². The summed E-state index contributed by atoms with van der Waals surface area (Å²) in [5.74, 6) is -0.246. The summed E-state index contributed by atoms with van der Waals surface area (Å²) >= 11 is 0. The molecule has 0 radical (unpaired) electrons. The van der Waals surface area contributed by atoms with Gasteiger partial charge < -0.3 is 0 Å². The number of nitrogens with one attached hydrogen (secondary N) is 1. The van der Waals surface area contributed by atoms with E-state index in [-0.39, 0.29) is 16.1 Å². The molecule has 0 spiro atoms. The fraction of sp³-hybridized carbons (Fsp3) is 0.368. The van der Waals surface area contributed by atoms with Crippen LogP contribution in [0.1, 0.15) is 31.4 Å². The number of aryl methyl sites for hydroxylation is 2. The van der Waals surface area contributed by atoms with E-state index in [4.69, 9.17) is 0 Å². The van der Waals surface area contributed by atoms with Crippen molar-refractivity contribution in [1.29, 1.82) is 0 Å². The zero-order valence-corrected chi connectivity index (χ0v) is 15.2. The van der Waals surface area contributed by atoms with Crippen molar-refractivity contribution in [1.82, 2.24) is 4.72 Å². The van der Waals surface area contributed by atoms with E-state index >= 15 is 0 Å². The molecule has 0 unspecified atom stereocenters. The van der Waals surface area contributed by atoms with Crippen molar-refractivity contribution >= 4 is 10.0 Å². The summed E-state index contributed by atoms with van der Waals surface area (Å²) in [6, 6.07) is 13.2. The van der Waals surface area contributed by atoms with Gasteiger partial charge in [0.15, 0.2) is 0 Å². The molecule has 24 heavy (non-hydrogen) atoms. The number of rotatable bonds is 7. The van der Waals surface area contributed by atoms with Crippen molar-refractivity contribution in [3.63, 3.8) is 0 Å². The zero-order valence-electron chi connectivity index (χ0n) is 14.3. The lowest BCUT2D eigenvalue weighted by Gasteiger charge is -2.25. The smallest absolute Gasteiger partial charge is 0.211 e. The normalized spacial score (nSPS) is 12.3. The minimum Gasteiger partial charge on any atom is -0.211 e. The average molecular weight is 349 g/mol. The molecule has 0 aromatic heterocycles. The average Bonchev–Trinajstić information content (AvgIpc) is 2.53. The molecule has 2 rings (SSSR count). The molecular formula is C19H24FNO2S. The molecule has 0 aliphatic heterocycles. The van der Waals surface area contributed by atoms with Crippen LogP contribution in [0, 0.1) is 18.2 Å². The molecule has 0 fully saturated rings. The van der Waals surface area contributed by atoms with Crippen LogP contribution in [0.25, 0.3) is 0 Å². The van der Waals surface area contributed by atoms with Crippen LogP contribution in [0.15, 0.2) is 53.4 Å². The van der Waals surface area contributed by atoms with Gasteiger partial charge in [0.2, 0.25) is 10.0 Å². The van der Waals surface area contributed by atoms with Crippen LogP contribution in [0.5, 0.6) is 0 Å². The third kappa shape index (κ3) is 5.42. The van der Waals surface area contributed by atoms with E-state index in [0.29, 0.717) is 6.54 Å². The maximum absolute atomic E-state index is 12.9. The second-order valence-corrected chi connectivity index (χ2v) is 8.70. The lowest BCUT2D eigenvalue weighted by Crippen LogP contribution is -2.34. The first-order valence-electron chi connectivity index (χ1n) is 7.99. The van der Waals surface area contributed by atoms with E-state index in [9.17, 15) is 12.8 Å². The summed E-state index contributed by atoms with van der Waals surface area (Å²) in [4.78, 5) is 0.280. The topological polar surface area (TPSA) is 46.2 Å². The summed E-state index contributed by atoms with van der Waals surface area (Å²) in [5.41, 5.74) is 1.87. The fourth-order valence-corrected chi connectivity index (χ4v) is 3.56. The van der Waals surface area contributed by atoms with Crippen LogP contribution in [-0.2, 0) is 16.4 Å². The monoisotopic (exact) mass is 349 g/mol. The van der Waals surface area contributed by atoms with Crippen LogP contribution in [0.3, 0.4) is 0 Å². The van der Waals surface area contributed by atoms with Crippen LogP contribution < -0.4 is 4.72 Å². The lowest BCUT2D eigenvalue weighted by atomic mass is 9.86. The number of sulfonamides is 1. The maximum Gasteiger partial charge on any atom is 0.240 e. The molecule has 2 aromatic rings. The Morgan fingerprint density at radius 2 is 1.58 bits per heavy atom. The second kappa shape index (κ2) is 7.45. The number of hydrogen-bond donors (Lipinski definition) is 1. The SMILES string of the molecule is Cc1ccc(S(=O)(=O)NCC(C)(C)CCc2ccc(F)cc2)cc1. The molecular weight excluding hydrogens is 325 g/mol. The van der Waals surface area contributed by atoms with Gasteiger partial charge in [-0.2, -0.15) is 0 Å². The van der Waals surface area contributed by atoms with Gasteiger partial charge in [-0.1, -0.05) is 43.7 Å². The van der Waals surface area contributed by atoms with Crippen LogP contribution in [-0.4, -0.2) is 15.0 Å². The molecule has 3 nitrogen and oxygen atoms in total. The van der Waals surface area contributed by atoms with E-state index in [2.05, 4.69) is 4.72 Å². The van der Waals surface area contributed by atoms with Gasteiger partial charge in [-0.25, -0.2) is 17.5 Å². The predicted molar refractivity (Wildman–Crippen MR) is 94.9 cm³/mol. The predicted octanol–water partition coefficient (Wildman–Crippen LogP) is 4.07. The summed E-state index contributed by atoms with van der Waals surface area (Å²) in [6.07, 6.45) is 1.58. The summed E-state index contributed by atoms with van der Waals surface area (Å²) < 4.78 is 40.3. The molecule has 0 amide bonds. The van der Waals surface area contributed by atoms with E-state index in [0.717, 1.165) is 24.0 Å². The maximum atomic E-state index is 12.9. The minimum absolute atomic E-state index is 0.202. The molecule has 0 aliphatic carbocycles. The van der Waals surface area contributed by atoms with E-state index < -0.39 is 10.0 Å². The molecule has 2 aromatic carbocycles. The highest BCUT2D eigenvalue weighted by Gasteiger charge is 2.22. The Kier molecular flexibility index (Phi) is 5.78. The van der Waals surface area contributed by atoms with Gasteiger partial charge in [0.1, 0.15) is 5.82 Å². The van der Waals surface area contributed by atoms with Crippen molar-refractivity contribution in [2.24, 2.45) is 5.41 Å². The second-order valence-electron chi connectivity index (χ2n) is 6.93. The number of benzene rings is 2. The van der Waals surface area contributed by atoms with Gasteiger partial charge >= 0.3 is 0 Å². The molecule has 0 aliphatic rings.